The first kappa shape index (κ1) is 19.6. The first-order valence-electron chi connectivity index (χ1n) is 9.52. The molecule has 7 nitrogen and oxygen atoms in total. The van der Waals surface area contributed by atoms with Gasteiger partial charge in [0.2, 0.25) is 21.7 Å². The van der Waals surface area contributed by atoms with Crippen molar-refractivity contribution in [1.82, 2.24) is 14.4 Å². The minimum absolute atomic E-state index is 0.122. The third-order valence-electron chi connectivity index (χ3n) is 5.18. The first-order chi connectivity index (χ1) is 14.0. The van der Waals surface area contributed by atoms with E-state index in [-0.39, 0.29) is 10.8 Å². The van der Waals surface area contributed by atoms with Gasteiger partial charge in [0.25, 0.3) is 0 Å². The fourth-order valence-corrected chi connectivity index (χ4v) is 5.00. The van der Waals surface area contributed by atoms with Gasteiger partial charge in [0.05, 0.1) is 17.9 Å². The lowest BCUT2D eigenvalue weighted by Gasteiger charge is -2.30. The molecule has 4 rings (SSSR count). The molecule has 1 aliphatic heterocycles. The van der Waals surface area contributed by atoms with Crippen LogP contribution in [0.1, 0.15) is 30.2 Å². The lowest BCUT2D eigenvalue weighted by molar-refractivity contribution is 0.265. The number of nitrogens with zero attached hydrogens (tertiary/aromatic N) is 3. The summed E-state index contributed by atoms with van der Waals surface area (Å²) in [4.78, 5) is 4.78. The van der Waals surface area contributed by atoms with Gasteiger partial charge in [-0.3, -0.25) is 0 Å². The maximum absolute atomic E-state index is 13.0. The Morgan fingerprint density at radius 2 is 1.83 bits per heavy atom. The number of sulfonamides is 1. The summed E-state index contributed by atoms with van der Waals surface area (Å²) in [6.07, 6.45) is 1.55. The van der Waals surface area contributed by atoms with Gasteiger partial charge in [-0.05, 0) is 44.0 Å². The third kappa shape index (κ3) is 4.04. The predicted molar refractivity (Wildman–Crippen MR) is 108 cm³/mol. The number of aryl methyl sites for hydroxylation is 1. The molecular formula is C21H23N3O4S. The molecule has 2 heterocycles. The van der Waals surface area contributed by atoms with E-state index in [9.17, 15) is 8.42 Å². The quantitative estimate of drug-likeness (QED) is 0.635. The Labute approximate surface area is 170 Å². The molecular weight excluding hydrogens is 390 g/mol. The molecule has 1 aliphatic rings. The zero-order valence-electron chi connectivity index (χ0n) is 16.4. The molecule has 0 N–H and O–H groups in total. The molecule has 0 aliphatic carbocycles. The van der Waals surface area contributed by atoms with Crippen LogP contribution >= 0.6 is 0 Å². The highest BCUT2D eigenvalue weighted by molar-refractivity contribution is 7.89. The highest BCUT2D eigenvalue weighted by Gasteiger charge is 2.33. The van der Waals surface area contributed by atoms with E-state index in [0.717, 1.165) is 24.0 Å². The van der Waals surface area contributed by atoms with E-state index in [1.807, 2.05) is 31.2 Å². The van der Waals surface area contributed by atoms with Crippen molar-refractivity contribution < 1.29 is 17.7 Å². The van der Waals surface area contributed by atoms with Crippen molar-refractivity contribution in [3.63, 3.8) is 0 Å². The summed E-state index contributed by atoms with van der Waals surface area (Å²) in [5.41, 5.74) is 2.04. The lowest BCUT2D eigenvalue weighted by atomic mass is 10.00. The van der Waals surface area contributed by atoms with E-state index in [4.69, 9.17) is 9.26 Å². The van der Waals surface area contributed by atoms with Gasteiger partial charge in [-0.25, -0.2) is 8.42 Å². The Morgan fingerprint density at radius 1 is 1.10 bits per heavy atom. The summed E-state index contributed by atoms with van der Waals surface area (Å²) < 4.78 is 38.2. The Hall–Kier alpha value is -2.71. The van der Waals surface area contributed by atoms with Crippen LogP contribution < -0.4 is 4.74 Å². The van der Waals surface area contributed by atoms with Crippen molar-refractivity contribution in [2.24, 2.45) is 0 Å². The molecule has 8 heteroatoms. The molecule has 1 aromatic heterocycles. The molecule has 29 heavy (non-hydrogen) atoms. The summed E-state index contributed by atoms with van der Waals surface area (Å²) in [5.74, 6) is 1.50. The van der Waals surface area contributed by atoms with Gasteiger partial charge in [0.15, 0.2) is 0 Å². The van der Waals surface area contributed by atoms with Gasteiger partial charge in [0.1, 0.15) is 5.75 Å². The number of rotatable bonds is 5. The molecule has 0 saturated carbocycles. The summed E-state index contributed by atoms with van der Waals surface area (Å²) in [6.45, 7) is 2.82. The van der Waals surface area contributed by atoms with Crippen LogP contribution in [0.4, 0.5) is 0 Å². The SMILES string of the molecule is COc1ccc(S(=O)(=O)N2CCC[C@@H](c3nc(-c4ccc(C)cc4)no3)C2)cc1. The lowest BCUT2D eigenvalue weighted by Crippen LogP contribution is -2.39. The average Bonchev–Trinajstić information content (AvgIpc) is 3.25. The third-order valence-corrected chi connectivity index (χ3v) is 7.06. The van der Waals surface area contributed by atoms with E-state index in [2.05, 4.69) is 10.1 Å². The van der Waals surface area contributed by atoms with Crippen molar-refractivity contribution in [2.75, 3.05) is 20.2 Å². The maximum atomic E-state index is 13.0. The molecule has 2 aromatic carbocycles. The van der Waals surface area contributed by atoms with Gasteiger partial charge in [0, 0.05) is 18.7 Å². The van der Waals surface area contributed by atoms with Gasteiger partial charge >= 0.3 is 0 Å². The zero-order chi connectivity index (χ0) is 20.4. The Bertz CT molecular complexity index is 1080. The van der Waals surface area contributed by atoms with Crippen LogP contribution in [-0.2, 0) is 10.0 Å². The number of aromatic nitrogens is 2. The highest BCUT2D eigenvalue weighted by Crippen LogP contribution is 2.31. The van der Waals surface area contributed by atoms with Gasteiger partial charge in [-0.15, -0.1) is 0 Å². The van der Waals surface area contributed by atoms with Crippen molar-refractivity contribution in [2.45, 2.75) is 30.6 Å². The molecule has 1 fully saturated rings. The van der Waals surface area contributed by atoms with Gasteiger partial charge < -0.3 is 9.26 Å². The van der Waals surface area contributed by atoms with Crippen LogP contribution in [0.5, 0.6) is 5.75 Å². The second kappa shape index (κ2) is 7.96. The molecule has 0 unspecified atom stereocenters. The molecule has 0 spiro atoms. The standard InChI is InChI=1S/C21H23N3O4S/c1-15-5-7-16(8-6-15)20-22-21(28-23-20)17-4-3-13-24(14-17)29(25,26)19-11-9-18(27-2)10-12-19/h5-12,17H,3-4,13-14H2,1-2H3/t17-/m1/s1. The summed E-state index contributed by atoms with van der Waals surface area (Å²) in [7, 11) is -2.04. The van der Waals surface area contributed by atoms with Crippen LogP contribution in [0.2, 0.25) is 0 Å². The minimum Gasteiger partial charge on any atom is -0.497 e. The molecule has 3 aromatic rings. The second-order valence-electron chi connectivity index (χ2n) is 7.20. The fraction of sp³-hybridized carbons (Fsp3) is 0.333. The van der Waals surface area contributed by atoms with Crippen LogP contribution in [0.3, 0.4) is 0 Å². The maximum Gasteiger partial charge on any atom is 0.243 e. The summed E-state index contributed by atoms with van der Waals surface area (Å²) in [5, 5.41) is 4.09. The second-order valence-corrected chi connectivity index (χ2v) is 9.14. The summed E-state index contributed by atoms with van der Waals surface area (Å²) in [6, 6.07) is 14.3. The van der Waals surface area contributed by atoms with E-state index in [1.165, 1.54) is 4.31 Å². The van der Waals surface area contributed by atoms with Gasteiger partial charge in [-0.2, -0.15) is 9.29 Å². The predicted octanol–water partition coefficient (Wildman–Crippen LogP) is 3.62. The van der Waals surface area contributed by atoms with Crippen molar-refractivity contribution in [3.05, 3.63) is 60.0 Å². The van der Waals surface area contributed by atoms with Crippen LogP contribution in [0.25, 0.3) is 11.4 Å². The van der Waals surface area contributed by atoms with E-state index in [1.54, 1.807) is 31.4 Å². The molecule has 0 radical (unpaired) electrons. The number of hydrogen-bond donors (Lipinski definition) is 0. The number of hydrogen-bond acceptors (Lipinski definition) is 6. The van der Waals surface area contributed by atoms with E-state index < -0.39 is 10.0 Å². The number of benzene rings is 2. The Balaban J connectivity index is 1.53. The Morgan fingerprint density at radius 3 is 2.52 bits per heavy atom. The highest BCUT2D eigenvalue weighted by atomic mass is 32.2. The molecule has 1 atom stereocenters. The van der Waals surface area contributed by atoms with Crippen LogP contribution in [0.15, 0.2) is 57.9 Å². The fourth-order valence-electron chi connectivity index (χ4n) is 3.48. The topological polar surface area (TPSA) is 85.5 Å². The molecule has 1 saturated heterocycles. The normalized spacial score (nSPS) is 17.9. The van der Waals surface area contributed by atoms with E-state index >= 15 is 0 Å². The number of methoxy groups -OCH3 is 1. The molecule has 0 bridgehead atoms. The number of piperidine rings is 1. The van der Waals surface area contributed by atoms with Crippen LogP contribution in [0, 0.1) is 6.92 Å². The van der Waals surface area contributed by atoms with E-state index in [0.29, 0.717) is 30.6 Å². The van der Waals surface area contributed by atoms with Crippen molar-refractivity contribution in [1.29, 1.82) is 0 Å². The average molecular weight is 413 g/mol. The van der Waals surface area contributed by atoms with Gasteiger partial charge in [-0.1, -0.05) is 35.0 Å². The minimum atomic E-state index is -3.59. The first-order valence-corrected chi connectivity index (χ1v) is 11.0. The molecule has 0 amide bonds. The van der Waals surface area contributed by atoms with Crippen molar-refractivity contribution in [3.8, 4) is 17.1 Å². The number of ether oxygens (including phenoxy) is 1. The van der Waals surface area contributed by atoms with Crippen LogP contribution in [-0.4, -0.2) is 43.1 Å². The zero-order valence-corrected chi connectivity index (χ0v) is 17.2. The Kier molecular flexibility index (Phi) is 5.38. The smallest absolute Gasteiger partial charge is 0.243 e. The largest absolute Gasteiger partial charge is 0.497 e. The van der Waals surface area contributed by atoms with Crippen molar-refractivity contribution >= 4 is 10.0 Å². The molecule has 152 valence electrons. The summed E-state index contributed by atoms with van der Waals surface area (Å²) >= 11 is 0. The monoisotopic (exact) mass is 413 g/mol.